The fraction of sp³-hybridized carbons (Fsp3) is 0.0952. The summed E-state index contributed by atoms with van der Waals surface area (Å²) in [7, 11) is 0. The number of fused-ring (bicyclic) bond motifs is 1. The average molecular weight is 329 g/mol. The Morgan fingerprint density at radius 2 is 1.64 bits per heavy atom. The molecule has 0 spiro atoms. The van der Waals surface area contributed by atoms with Crippen LogP contribution in [0.25, 0.3) is 33.5 Å². The molecule has 0 saturated carbocycles. The van der Waals surface area contributed by atoms with Crippen molar-refractivity contribution in [3.63, 3.8) is 0 Å². The van der Waals surface area contributed by atoms with E-state index < -0.39 is 0 Å². The van der Waals surface area contributed by atoms with Gasteiger partial charge in [0.25, 0.3) is 0 Å². The number of aryl methyl sites for hydroxylation is 1. The SMILES string of the molecule is Cc1cccc(-c2ncnc3ccc(-c4ccc(F)cc4)nc23)c1C. The molecule has 0 aliphatic heterocycles. The van der Waals surface area contributed by atoms with E-state index >= 15 is 0 Å². The maximum absolute atomic E-state index is 13.2. The van der Waals surface area contributed by atoms with Crippen molar-refractivity contribution in [3.8, 4) is 22.5 Å². The number of aromatic nitrogens is 3. The Balaban J connectivity index is 1.95. The van der Waals surface area contributed by atoms with Gasteiger partial charge < -0.3 is 0 Å². The Morgan fingerprint density at radius 1 is 0.840 bits per heavy atom. The molecule has 122 valence electrons. The maximum atomic E-state index is 13.2. The molecule has 2 aromatic heterocycles. The number of hydrogen-bond donors (Lipinski definition) is 0. The van der Waals surface area contributed by atoms with Crippen LogP contribution in [0.1, 0.15) is 11.1 Å². The van der Waals surface area contributed by atoms with Crippen molar-refractivity contribution >= 4 is 11.0 Å². The minimum absolute atomic E-state index is 0.260. The van der Waals surface area contributed by atoms with Gasteiger partial charge in [-0.05, 0) is 61.4 Å². The molecule has 0 unspecified atom stereocenters. The van der Waals surface area contributed by atoms with E-state index in [1.54, 1.807) is 18.5 Å². The lowest BCUT2D eigenvalue weighted by Crippen LogP contribution is -1.96. The summed E-state index contributed by atoms with van der Waals surface area (Å²) in [6.07, 6.45) is 1.57. The predicted molar refractivity (Wildman–Crippen MR) is 97.6 cm³/mol. The summed E-state index contributed by atoms with van der Waals surface area (Å²) in [5.41, 5.74) is 7.42. The molecule has 2 heterocycles. The van der Waals surface area contributed by atoms with E-state index in [1.807, 2.05) is 18.2 Å². The zero-order valence-electron chi connectivity index (χ0n) is 14.0. The highest BCUT2D eigenvalue weighted by Gasteiger charge is 2.12. The number of halogens is 1. The molecule has 0 radical (unpaired) electrons. The molecule has 0 aliphatic rings. The second-order valence-electron chi connectivity index (χ2n) is 6.04. The van der Waals surface area contributed by atoms with Crippen LogP contribution in [-0.2, 0) is 0 Å². The molecule has 4 heteroatoms. The molecule has 0 bridgehead atoms. The number of hydrogen-bond acceptors (Lipinski definition) is 3. The summed E-state index contributed by atoms with van der Waals surface area (Å²) in [4.78, 5) is 13.6. The minimum atomic E-state index is -0.260. The number of rotatable bonds is 2. The third-order valence-corrected chi connectivity index (χ3v) is 4.48. The Hall–Kier alpha value is -3.14. The van der Waals surface area contributed by atoms with Crippen molar-refractivity contribution in [1.82, 2.24) is 15.0 Å². The second-order valence-corrected chi connectivity index (χ2v) is 6.04. The fourth-order valence-electron chi connectivity index (χ4n) is 2.93. The summed E-state index contributed by atoms with van der Waals surface area (Å²) < 4.78 is 13.2. The normalized spacial score (nSPS) is 11.0. The molecule has 3 nitrogen and oxygen atoms in total. The highest BCUT2D eigenvalue weighted by Crippen LogP contribution is 2.30. The number of benzene rings is 2. The van der Waals surface area contributed by atoms with Crippen LogP contribution < -0.4 is 0 Å². The van der Waals surface area contributed by atoms with Gasteiger partial charge in [-0.1, -0.05) is 18.2 Å². The van der Waals surface area contributed by atoms with Crippen LogP contribution in [0.2, 0.25) is 0 Å². The fourth-order valence-corrected chi connectivity index (χ4v) is 2.93. The summed E-state index contributed by atoms with van der Waals surface area (Å²) in [5.74, 6) is -0.260. The Kier molecular flexibility index (Phi) is 3.73. The largest absolute Gasteiger partial charge is 0.244 e. The summed E-state index contributed by atoms with van der Waals surface area (Å²) in [5, 5.41) is 0. The van der Waals surface area contributed by atoms with Gasteiger partial charge in [0.15, 0.2) is 0 Å². The molecule has 0 saturated heterocycles. The molecule has 0 aliphatic carbocycles. The lowest BCUT2D eigenvalue weighted by Gasteiger charge is -2.10. The number of nitrogens with zero attached hydrogens (tertiary/aromatic N) is 3. The second kappa shape index (κ2) is 6.06. The van der Waals surface area contributed by atoms with Gasteiger partial charge in [-0.15, -0.1) is 0 Å². The highest BCUT2D eigenvalue weighted by molar-refractivity contribution is 5.91. The van der Waals surface area contributed by atoms with Gasteiger partial charge >= 0.3 is 0 Å². The quantitative estimate of drug-likeness (QED) is 0.512. The van der Waals surface area contributed by atoms with E-state index in [1.165, 1.54) is 23.3 Å². The lowest BCUT2D eigenvalue weighted by atomic mass is 9.99. The minimum Gasteiger partial charge on any atom is -0.244 e. The molecule has 4 rings (SSSR count). The average Bonchev–Trinajstić information content (AvgIpc) is 2.64. The standard InChI is InChI=1S/C21H16FN3/c1-13-4-3-5-17(14(13)2)20-21-19(23-12-24-20)11-10-18(25-21)15-6-8-16(22)9-7-15/h3-12H,1-2H3. The van der Waals surface area contributed by atoms with E-state index in [4.69, 9.17) is 4.98 Å². The van der Waals surface area contributed by atoms with Crippen molar-refractivity contribution in [1.29, 1.82) is 0 Å². The topological polar surface area (TPSA) is 38.7 Å². The molecule has 4 aromatic rings. The first-order chi connectivity index (χ1) is 12.1. The Labute approximate surface area is 145 Å². The molecule has 0 N–H and O–H groups in total. The van der Waals surface area contributed by atoms with E-state index in [2.05, 4.69) is 35.9 Å². The monoisotopic (exact) mass is 329 g/mol. The van der Waals surface area contributed by atoms with Gasteiger partial charge in [0.1, 0.15) is 23.4 Å². The molecular weight excluding hydrogens is 313 g/mol. The van der Waals surface area contributed by atoms with Crippen LogP contribution in [-0.4, -0.2) is 15.0 Å². The smallest absolute Gasteiger partial charge is 0.123 e. The van der Waals surface area contributed by atoms with E-state index in [0.29, 0.717) is 0 Å². The molecule has 0 fully saturated rings. The highest BCUT2D eigenvalue weighted by atomic mass is 19.1. The number of pyridine rings is 1. The van der Waals surface area contributed by atoms with E-state index in [0.717, 1.165) is 33.5 Å². The van der Waals surface area contributed by atoms with Crippen molar-refractivity contribution in [2.45, 2.75) is 13.8 Å². The van der Waals surface area contributed by atoms with Crippen LogP contribution in [0.3, 0.4) is 0 Å². The Bertz CT molecular complexity index is 1070. The van der Waals surface area contributed by atoms with Crippen molar-refractivity contribution in [2.24, 2.45) is 0 Å². The molecule has 25 heavy (non-hydrogen) atoms. The zero-order valence-corrected chi connectivity index (χ0v) is 14.0. The van der Waals surface area contributed by atoms with Crippen LogP contribution in [0, 0.1) is 19.7 Å². The van der Waals surface area contributed by atoms with Crippen LogP contribution in [0.4, 0.5) is 4.39 Å². The first-order valence-electron chi connectivity index (χ1n) is 8.08. The molecule has 0 amide bonds. The van der Waals surface area contributed by atoms with Crippen molar-refractivity contribution in [2.75, 3.05) is 0 Å². The van der Waals surface area contributed by atoms with Crippen LogP contribution >= 0.6 is 0 Å². The maximum Gasteiger partial charge on any atom is 0.123 e. The summed E-state index contributed by atoms with van der Waals surface area (Å²) in [6, 6.07) is 16.3. The summed E-state index contributed by atoms with van der Waals surface area (Å²) in [6.45, 7) is 4.17. The summed E-state index contributed by atoms with van der Waals surface area (Å²) >= 11 is 0. The first-order valence-corrected chi connectivity index (χ1v) is 8.08. The van der Waals surface area contributed by atoms with Gasteiger partial charge in [0.05, 0.1) is 11.2 Å². The third kappa shape index (κ3) is 2.76. The van der Waals surface area contributed by atoms with Gasteiger partial charge in [0.2, 0.25) is 0 Å². The van der Waals surface area contributed by atoms with Crippen LogP contribution in [0.15, 0.2) is 60.9 Å². The van der Waals surface area contributed by atoms with Gasteiger partial charge in [-0.25, -0.2) is 19.3 Å². The van der Waals surface area contributed by atoms with Gasteiger partial charge in [-0.3, -0.25) is 0 Å². The zero-order chi connectivity index (χ0) is 17.4. The van der Waals surface area contributed by atoms with E-state index in [-0.39, 0.29) is 5.82 Å². The molecule has 0 atom stereocenters. The van der Waals surface area contributed by atoms with Gasteiger partial charge in [0, 0.05) is 11.1 Å². The predicted octanol–water partition coefficient (Wildman–Crippen LogP) is 5.11. The van der Waals surface area contributed by atoms with Gasteiger partial charge in [-0.2, -0.15) is 0 Å². The van der Waals surface area contributed by atoms with Crippen molar-refractivity contribution in [3.05, 3.63) is 77.9 Å². The first kappa shape index (κ1) is 15.4. The molecule has 2 aromatic carbocycles. The van der Waals surface area contributed by atoms with Crippen molar-refractivity contribution < 1.29 is 4.39 Å². The van der Waals surface area contributed by atoms with E-state index in [9.17, 15) is 4.39 Å². The van der Waals surface area contributed by atoms with Crippen LogP contribution in [0.5, 0.6) is 0 Å². The lowest BCUT2D eigenvalue weighted by molar-refractivity contribution is 0.628. The third-order valence-electron chi connectivity index (χ3n) is 4.48. The molecular formula is C21H16FN3. The Morgan fingerprint density at radius 3 is 2.44 bits per heavy atom.